The quantitative estimate of drug-likeness (QED) is 0.571. The topological polar surface area (TPSA) is 32.3 Å². The number of benzene rings is 2. The van der Waals surface area contributed by atoms with E-state index in [4.69, 9.17) is 4.98 Å². The largest absolute Gasteiger partial charge is 0.344 e. The lowest BCUT2D eigenvalue weighted by molar-refractivity contribution is 0.748. The molecule has 26 heavy (non-hydrogen) atoms. The van der Waals surface area contributed by atoms with Crippen LogP contribution in [-0.4, -0.2) is 23.6 Å². The Hall–Kier alpha value is -2.88. The van der Waals surface area contributed by atoms with Gasteiger partial charge in [-0.05, 0) is 30.2 Å². The van der Waals surface area contributed by atoms with Crippen molar-refractivity contribution in [2.24, 2.45) is 0 Å². The van der Waals surface area contributed by atoms with E-state index < -0.39 is 0 Å². The Kier molecular flexibility index (Phi) is 6.20. The average Bonchev–Trinajstić information content (AvgIpc) is 2.71. The Bertz CT molecular complexity index is 790. The highest BCUT2D eigenvalue weighted by Crippen LogP contribution is 2.26. The lowest BCUT2D eigenvalue weighted by atomic mass is 10.2. The first-order chi connectivity index (χ1) is 12.8. The maximum atomic E-state index is 4.84. The van der Waals surface area contributed by atoms with Gasteiger partial charge in [0, 0.05) is 32.0 Å². The Morgan fingerprint density at radius 1 is 0.885 bits per heavy atom. The number of unbranched alkanes of at least 4 members (excludes halogenated alkanes) is 1. The molecule has 4 heteroatoms. The van der Waals surface area contributed by atoms with Crippen molar-refractivity contribution in [1.29, 1.82) is 0 Å². The highest BCUT2D eigenvalue weighted by atomic mass is 15.3. The summed E-state index contributed by atoms with van der Waals surface area (Å²) in [6.45, 7) is 3.92. The second kappa shape index (κ2) is 8.99. The molecule has 4 nitrogen and oxygen atoms in total. The van der Waals surface area contributed by atoms with E-state index >= 15 is 0 Å². The molecule has 0 unspecified atom stereocenters. The normalized spacial score (nSPS) is 10.5. The SMILES string of the molecule is CCCCN(C)c1nccc(N(Cc2ccccc2)c2ccccc2)n1. The highest BCUT2D eigenvalue weighted by molar-refractivity contribution is 5.61. The van der Waals surface area contributed by atoms with Gasteiger partial charge in [0.05, 0.1) is 0 Å². The molecule has 0 fully saturated rings. The molecule has 0 atom stereocenters. The van der Waals surface area contributed by atoms with Crippen LogP contribution in [0.4, 0.5) is 17.5 Å². The number of hydrogen-bond donors (Lipinski definition) is 0. The molecule has 0 N–H and O–H groups in total. The van der Waals surface area contributed by atoms with Crippen molar-refractivity contribution in [3.8, 4) is 0 Å². The maximum absolute atomic E-state index is 4.84. The first-order valence-corrected chi connectivity index (χ1v) is 9.18. The molecule has 1 aromatic heterocycles. The van der Waals surface area contributed by atoms with Gasteiger partial charge in [0.1, 0.15) is 5.82 Å². The van der Waals surface area contributed by atoms with Crippen LogP contribution in [0.5, 0.6) is 0 Å². The van der Waals surface area contributed by atoms with Gasteiger partial charge in [-0.1, -0.05) is 61.9 Å². The number of rotatable bonds is 8. The van der Waals surface area contributed by atoms with Crippen LogP contribution in [0, 0.1) is 0 Å². The molecule has 0 aliphatic heterocycles. The van der Waals surface area contributed by atoms with E-state index in [-0.39, 0.29) is 0 Å². The number of para-hydroxylation sites is 1. The van der Waals surface area contributed by atoms with E-state index in [0.717, 1.165) is 43.4 Å². The van der Waals surface area contributed by atoms with Crippen molar-refractivity contribution in [3.05, 3.63) is 78.5 Å². The molecule has 1 heterocycles. The summed E-state index contributed by atoms with van der Waals surface area (Å²) in [6.07, 6.45) is 4.14. The highest BCUT2D eigenvalue weighted by Gasteiger charge is 2.13. The lowest BCUT2D eigenvalue weighted by Crippen LogP contribution is -2.23. The monoisotopic (exact) mass is 346 g/mol. The molecular formula is C22H26N4. The van der Waals surface area contributed by atoms with Gasteiger partial charge in [-0.3, -0.25) is 0 Å². The second-order valence-electron chi connectivity index (χ2n) is 6.40. The van der Waals surface area contributed by atoms with Gasteiger partial charge < -0.3 is 9.80 Å². The Morgan fingerprint density at radius 2 is 1.58 bits per heavy atom. The van der Waals surface area contributed by atoms with Crippen molar-refractivity contribution in [3.63, 3.8) is 0 Å². The van der Waals surface area contributed by atoms with Crippen LogP contribution < -0.4 is 9.80 Å². The maximum Gasteiger partial charge on any atom is 0.227 e. The van der Waals surface area contributed by atoms with Crippen LogP contribution in [0.3, 0.4) is 0 Å². The number of hydrogen-bond acceptors (Lipinski definition) is 4. The third kappa shape index (κ3) is 4.60. The second-order valence-corrected chi connectivity index (χ2v) is 6.40. The lowest BCUT2D eigenvalue weighted by Gasteiger charge is -2.25. The minimum atomic E-state index is 0.764. The zero-order valence-corrected chi connectivity index (χ0v) is 15.5. The van der Waals surface area contributed by atoms with E-state index in [2.05, 4.69) is 77.3 Å². The first-order valence-electron chi connectivity index (χ1n) is 9.18. The predicted molar refractivity (Wildman–Crippen MR) is 109 cm³/mol. The Labute approximate surface area is 156 Å². The van der Waals surface area contributed by atoms with Crippen LogP contribution >= 0.6 is 0 Å². The van der Waals surface area contributed by atoms with E-state index in [1.807, 2.05) is 24.4 Å². The minimum absolute atomic E-state index is 0.764. The van der Waals surface area contributed by atoms with Crippen LogP contribution in [-0.2, 0) is 6.54 Å². The van der Waals surface area contributed by atoms with E-state index in [9.17, 15) is 0 Å². The molecule has 3 rings (SSSR count). The van der Waals surface area contributed by atoms with Crippen molar-refractivity contribution in [2.75, 3.05) is 23.4 Å². The van der Waals surface area contributed by atoms with Crippen molar-refractivity contribution < 1.29 is 0 Å². The molecule has 3 aromatic rings. The molecule has 134 valence electrons. The van der Waals surface area contributed by atoms with Gasteiger partial charge in [-0.15, -0.1) is 0 Å². The van der Waals surface area contributed by atoms with Crippen molar-refractivity contribution in [2.45, 2.75) is 26.3 Å². The van der Waals surface area contributed by atoms with Crippen LogP contribution in [0.2, 0.25) is 0 Å². The van der Waals surface area contributed by atoms with Gasteiger partial charge in [0.2, 0.25) is 5.95 Å². The summed E-state index contributed by atoms with van der Waals surface area (Å²) in [5.41, 5.74) is 2.37. The van der Waals surface area contributed by atoms with Gasteiger partial charge in [-0.25, -0.2) is 4.98 Å². The Balaban J connectivity index is 1.91. The zero-order valence-electron chi connectivity index (χ0n) is 15.5. The molecule has 0 saturated carbocycles. The molecule has 0 radical (unpaired) electrons. The molecule has 0 spiro atoms. The van der Waals surface area contributed by atoms with E-state index in [1.165, 1.54) is 5.56 Å². The molecule has 0 amide bonds. The number of anilines is 3. The number of nitrogens with zero attached hydrogens (tertiary/aromatic N) is 4. The summed E-state index contributed by atoms with van der Waals surface area (Å²) in [7, 11) is 2.05. The fourth-order valence-corrected chi connectivity index (χ4v) is 2.85. The zero-order chi connectivity index (χ0) is 18.2. The summed E-state index contributed by atoms with van der Waals surface area (Å²) < 4.78 is 0. The van der Waals surface area contributed by atoms with E-state index in [0.29, 0.717) is 0 Å². The van der Waals surface area contributed by atoms with Gasteiger partial charge in [-0.2, -0.15) is 4.98 Å². The molecule has 0 bridgehead atoms. The third-order valence-electron chi connectivity index (χ3n) is 4.34. The molecule has 0 aliphatic carbocycles. The predicted octanol–water partition coefficient (Wildman–Crippen LogP) is 5.05. The fourth-order valence-electron chi connectivity index (χ4n) is 2.85. The summed E-state index contributed by atoms with van der Waals surface area (Å²) in [6, 6.07) is 22.8. The smallest absolute Gasteiger partial charge is 0.227 e. The fraction of sp³-hybridized carbons (Fsp3) is 0.273. The standard InChI is InChI=1S/C22H26N4/c1-3-4-17-25(2)22-23-16-15-21(24-22)26(20-13-9-6-10-14-20)18-19-11-7-5-8-12-19/h5-16H,3-4,17-18H2,1-2H3. The third-order valence-corrected chi connectivity index (χ3v) is 4.34. The van der Waals surface area contributed by atoms with Gasteiger partial charge in [0.25, 0.3) is 0 Å². The van der Waals surface area contributed by atoms with Gasteiger partial charge in [0.15, 0.2) is 0 Å². The summed E-state index contributed by atoms with van der Waals surface area (Å²) >= 11 is 0. The van der Waals surface area contributed by atoms with E-state index in [1.54, 1.807) is 0 Å². The average molecular weight is 346 g/mol. The first kappa shape index (κ1) is 17.9. The summed E-state index contributed by atoms with van der Waals surface area (Å²) in [4.78, 5) is 13.7. The number of aromatic nitrogens is 2. The minimum Gasteiger partial charge on any atom is -0.344 e. The van der Waals surface area contributed by atoms with Crippen molar-refractivity contribution in [1.82, 2.24) is 9.97 Å². The molecule has 2 aromatic carbocycles. The summed E-state index contributed by atoms with van der Waals surface area (Å²) in [5.74, 6) is 1.68. The van der Waals surface area contributed by atoms with Crippen LogP contribution in [0.15, 0.2) is 72.9 Å². The summed E-state index contributed by atoms with van der Waals surface area (Å²) in [5, 5.41) is 0. The van der Waals surface area contributed by atoms with Crippen LogP contribution in [0.1, 0.15) is 25.3 Å². The van der Waals surface area contributed by atoms with Crippen LogP contribution in [0.25, 0.3) is 0 Å². The molecular weight excluding hydrogens is 320 g/mol. The molecule has 0 saturated heterocycles. The van der Waals surface area contributed by atoms with Gasteiger partial charge >= 0.3 is 0 Å². The van der Waals surface area contributed by atoms with Crippen molar-refractivity contribution >= 4 is 17.5 Å². The molecule has 0 aliphatic rings. The Morgan fingerprint density at radius 3 is 2.27 bits per heavy atom.